The number of aromatic nitrogens is 2. The number of nitrogens with zero attached hydrogens (tertiary/aromatic N) is 2. The van der Waals surface area contributed by atoms with Crippen molar-refractivity contribution in [2.75, 3.05) is 0 Å². The fraction of sp³-hybridized carbons (Fsp3) is 0.800. The average Bonchev–Trinajstić information content (AvgIpc) is 2.79. The third kappa shape index (κ3) is 2.61. The molecule has 3 unspecified atom stereocenters. The fourth-order valence-electron chi connectivity index (χ4n) is 3.44. The molecule has 0 amide bonds. The molecule has 1 aromatic rings. The van der Waals surface area contributed by atoms with Gasteiger partial charge in [0.15, 0.2) is 0 Å². The second kappa shape index (κ2) is 5.87. The third-order valence-electron chi connectivity index (χ3n) is 4.43. The Labute approximate surface area is 110 Å². The van der Waals surface area contributed by atoms with Gasteiger partial charge in [-0.15, -0.1) is 0 Å². The maximum Gasteiger partial charge on any atom is 0.0987 e. The summed E-state index contributed by atoms with van der Waals surface area (Å²) < 4.78 is 1.96. The fourth-order valence-corrected chi connectivity index (χ4v) is 3.44. The van der Waals surface area contributed by atoms with Crippen molar-refractivity contribution in [2.24, 2.45) is 11.8 Å². The van der Waals surface area contributed by atoms with E-state index in [0.29, 0.717) is 11.8 Å². The maximum absolute atomic E-state index is 10.7. The Bertz CT molecular complexity index is 386. The highest BCUT2D eigenvalue weighted by atomic mass is 16.3. The average molecular weight is 250 g/mol. The van der Waals surface area contributed by atoms with Gasteiger partial charge in [0.05, 0.1) is 17.5 Å². The topological polar surface area (TPSA) is 38.1 Å². The van der Waals surface area contributed by atoms with Crippen molar-refractivity contribution in [3.63, 3.8) is 0 Å². The summed E-state index contributed by atoms with van der Waals surface area (Å²) in [6.45, 7) is 7.17. The first-order valence-corrected chi connectivity index (χ1v) is 7.39. The van der Waals surface area contributed by atoms with Crippen molar-refractivity contribution >= 4 is 0 Å². The predicted molar refractivity (Wildman–Crippen MR) is 73.3 cm³/mol. The molecule has 2 rings (SSSR count). The summed E-state index contributed by atoms with van der Waals surface area (Å²) >= 11 is 0. The molecule has 3 nitrogen and oxygen atoms in total. The molecule has 1 aromatic heterocycles. The van der Waals surface area contributed by atoms with Gasteiger partial charge in [-0.25, -0.2) is 0 Å². The Morgan fingerprint density at radius 1 is 1.39 bits per heavy atom. The molecule has 3 heteroatoms. The molecule has 1 aliphatic carbocycles. The number of hydrogen-bond donors (Lipinski definition) is 1. The van der Waals surface area contributed by atoms with E-state index in [9.17, 15) is 5.11 Å². The quantitative estimate of drug-likeness (QED) is 0.888. The molecule has 3 atom stereocenters. The SMILES string of the molecule is CCC1CCCCC1C(O)c1cc(C)nn1CC. The monoisotopic (exact) mass is 250 g/mol. The highest BCUT2D eigenvalue weighted by Gasteiger charge is 2.32. The lowest BCUT2D eigenvalue weighted by atomic mass is 9.74. The number of aliphatic hydroxyl groups excluding tert-OH is 1. The predicted octanol–water partition coefficient (Wildman–Crippen LogP) is 3.46. The number of rotatable bonds is 4. The highest BCUT2D eigenvalue weighted by Crippen LogP contribution is 2.40. The summed E-state index contributed by atoms with van der Waals surface area (Å²) in [7, 11) is 0. The molecule has 0 bridgehead atoms. The van der Waals surface area contributed by atoms with Crippen LogP contribution in [-0.4, -0.2) is 14.9 Å². The van der Waals surface area contributed by atoms with Gasteiger partial charge in [0.2, 0.25) is 0 Å². The Kier molecular flexibility index (Phi) is 4.44. The molecular weight excluding hydrogens is 224 g/mol. The molecular formula is C15H26N2O. The van der Waals surface area contributed by atoms with Gasteiger partial charge in [0, 0.05) is 6.54 Å². The zero-order valence-electron chi connectivity index (χ0n) is 11.9. The minimum atomic E-state index is -0.337. The molecule has 1 aliphatic rings. The van der Waals surface area contributed by atoms with Gasteiger partial charge in [0.25, 0.3) is 0 Å². The van der Waals surface area contributed by atoms with E-state index in [1.807, 2.05) is 11.6 Å². The van der Waals surface area contributed by atoms with E-state index < -0.39 is 0 Å². The molecule has 18 heavy (non-hydrogen) atoms. The van der Waals surface area contributed by atoms with Crippen LogP contribution in [-0.2, 0) is 6.54 Å². The van der Waals surface area contributed by atoms with Crippen molar-refractivity contribution in [3.05, 3.63) is 17.5 Å². The lowest BCUT2D eigenvalue weighted by Crippen LogP contribution is -2.26. The van der Waals surface area contributed by atoms with Crippen LogP contribution >= 0.6 is 0 Å². The van der Waals surface area contributed by atoms with Gasteiger partial charge in [-0.05, 0) is 38.2 Å². The van der Waals surface area contributed by atoms with E-state index in [0.717, 1.165) is 24.4 Å². The molecule has 1 heterocycles. The number of hydrogen-bond acceptors (Lipinski definition) is 2. The molecule has 1 N–H and O–H groups in total. The lowest BCUT2D eigenvalue weighted by molar-refractivity contribution is 0.0389. The van der Waals surface area contributed by atoms with Crippen molar-refractivity contribution < 1.29 is 5.11 Å². The van der Waals surface area contributed by atoms with Crippen LogP contribution in [0.4, 0.5) is 0 Å². The Balaban J connectivity index is 2.20. The second-order valence-corrected chi connectivity index (χ2v) is 5.59. The van der Waals surface area contributed by atoms with Crippen LogP contribution in [0.2, 0.25) is 0 Å². The van der Waals surface area contributed by atoms with Crippen LogP contribution < -0.4 is 0 Å². The summed E-state index contributed by atoms with van der Waals surface area (Å²) in [6, 6.07) is 2.05. The molecule has 0 saturated heterocycles. The molecule has 1 fully saturated rings. The first-order chi connectivity index (χ1) is 8.67. The van der Waals surface area contributed by atoms with E-state index in [1.165, 1.54) is 25.7 Å². The zero-order valence-corrected chi connectivity index (χ0v) is 11.9. The summed E-state index contributed by atoms with van der Waals surface area (Å²) in [5.41, 5.74) is 2.02. The second-order valence-electron chi connectivity index (χ2n) is 5.59. The molecule has 0 spiro atoms. The largest absolute Gasteiger partial charge is 0.387 e. The third-order valence-corrected chi connectivity index (χ3v) is 4.43. The molecule has 102 valence electrons. The van der Waals surface area contributed by atoms with Crippen molar-refractivity contribution in [2.45, 2.75) is 65.5 Å². The van der Waals surface area contributed by atoms with Crippen LogP contribution in [0.25, 0.3) is 0 Å². The first-order valence-electron chi connectivity index (χ1n) is 7.39. The zero-order chi connectivity index (χ0) is 13.1. The van der Waals surface area contributed by atoms with E-state index in [-0.39, 0.29) is 6.10 Å². The van der Waals surface area contributed by atoms with E-state index in [4.69, 9.17) is 0 Å². The molecule has 0 radical (unpaired) electrons. The number of aliphatic hydroxyl groups is 1. The van der Waals surface area contributed by atoms with Gasteiger partial charge in [-0.2, -0.15) is 5.10 Å². The highest BCUT2D eigenvalue weighted by molar-refractivity contribution is 5.13. The summed E-state index contributed by atoms with van der Waals surface area (Å²) in [6.07, 6.45) is 5.87. The normalized spacial score (nSPS) is 26.2. The van der Waals surface area contributed by atoms with Crippen LogP contribution in [0.3, 0.4) is 0 Å². The minimum absolute atomic E-state index is 0.337. The Hall–Kier alpha value is -0.830. The van der Waals surface area contributed by atoms with Crippen LogP contribution in [0.15, 0.2) is 6.07 Å². The van der Waals surface area contributed by atoms with Gasteiger partial charge in [-0.3, -0.25) is 4.68 Å². The van der Waals surface area contributed by atoms with Crippen molar-refractivity contribution in [1.29, 1.82) is 0 Å². The van der Waals surface area contributed by atoms with Crippen molar-refractivity contribution in [1.82, 2.24) is 9.78 Å². The van der Waals surface area contributed by atoms with E-state index in [1.54, 1.807) is 0 Å². The molecule has 0 aliphatic heterocycles. The minimum Gasteiger partial charge on any atom is -0.387 e. The summed E-state index contributed by atoms with van der Waals surface area (Å²) in [4.78, 5) is 0. The van der Waals surface area contributed by atoms with Crippen LogP contribution in [0, 0.1) is 18.8 Å². The van der Waals surface area contributed by atoms with Crippen LogP contribution in [0.5, 0.6) is 0 Å². The van der Waals surface area contributed by atoms with Crippen LogP contribution in [0.1, 0.15) is 63.4 Å². The Morgan fingerprint density at radius 3 is 2.78 bits per heavy atom. The molecule has 0 aromatic carbocycles. The molecule has 1 saturated carbocycles. The Morgan fingerprint density at radius 2 is 2.11 bits per heavy atom. The maximum atomic E-state index is 10.7. The summed E-state index contributed by atoms with van der Waals surface area (Å²) in [5.74, 6) is 1.10. The van der Waals surface area contributed by atoms with Gasteiger partial charge >= 0.3 is 0 Å². The smallest absolute Gasteiger partial charge is 0.0987 e. The van der Waals surface area contributed by atoms with E-state index in [2.05, 4.69) is 25.0 Å². The van der Waals surface area contributed by atoms with Gasteiger partial charge in [-0.1, -0.05) is 32.6 Å². The van der Waals surface area contributed by atoms with Gasteiger partial charge in [0.1, 0.15) is 0 Å². The van der Waals surface area contributed by atoms with Gasteiger partial charge < -0.3 is 5.11 Å². The lowest BCUT2D eigenvalue weighted by Gasteiger charge is -2.34. The first kappa shape index (κ1) is 13.6. The number of aryl methyl sites for hydroxylation is 2. The summed E-state index contributed by atoms with van der Waals surface area (Å²) in [5, 5.41) is 15.2. The van der Waals surface area contributed by atoms with E-state index >= 15 is 0 Å². The standard InChI is InChI=1S/C15H26N2O/c1-4-12-8-6-7-9-13(12)15(18)14-10-11(3)16-17(14)5-2/h10,12-13,15,18H,4-9H2,1-3H3. The van der Waals surface area contributed by atoms with Crippen molar-refractivity contribution in [3.8, 4) is 0 Å².